The summed E-state index contributed by atoms with van der Waals surface area (Å²) < 4.78 is 19.0. The summed E-state index contributed by atoms with van der Waals surface area (Å²) in [5.41, 5.74) is 1.82. The van der Waals surface area contributed by atoms with E-state index in [0.717, 1.165) is 0 Å². The number of nitrogens with one attached hydrogen (secondary N) is 1. The van der Waals surface area contributed by atoms with Crippen LogP contribution in [0.2, 0.25) is 5.02 Å². The second-order valence-corrected chi connectivity index (χ2v) is 6.34. The summed E-state index contributed by atoms with van der Waals surface area (Å²) in [6.07, 6.45) is 1.29. The Kier molecular flexibility index (Phi) is 6.02. The summed E-state index contributed by atoms with van der Waals surface area (Å²) in [6, 6.07) is 9.62. The first-order valence-electron chi connectivity index (χ1n) is 8.53. The number of ketones is 1. The topological polar surface area (TPSA) is 87.9 Å². The Morgan fingerprint density at radius 2 is 2.14 bits per heavy atom. The first-order valence-corrected chi connectivity index (χ1v) is 8.90. The molecule has 0 bridgehead atoms. The fraction of sp³-hybridized carbons (Fsp3) is 0.200. The van der Waals surface area contributed by atoms with Crippen LogP contribution in [-0.2, 0) is 11.2 Å². The number of halogens is 2. The van der Waals surface area contributed by atoms with Gasteiger partial charge in [-0.2, -0.15) is 5.26 Å². The number of rotatable bonds is 7. The number of ether oxygens (including phenoxy) is 1. The normalized spacial score (nSPS) is 10.5. The number of carbonyl (C=O) groups is 1. The van der Waals surface area contributed by atoms with E-state index in [0.29, 0.717) is 40.3 Å². The lowest BCUT2D eigenvalue weighted by molar-refractivity contribution is -0.117. The lowest BCUT2D eigenvalue weighted by atomic mass is 10.0. The Hall–Kier alpha value is -3.24. The second kappa shape index (κ2) is 8.63. The van der Waals surface area contributed by atoms with E-state index in [1.807, 2.05) is 13.0 Å². The maximum atomic E-state index is 13.4. The maximum absolute atomic E-state index is 13.4. The minimum absolute atomic E-state index is 0.00946. The SMILES string of the molecule is CCOc1cc2ncnc(Nc3ccc(F)c(Cl)c3)c2cc1CC(=O)CC#N. The van der Waals surface area contributed by atoms with Crippen LogP contribution in [0.4, 0.5) is 15.9 Å². The number of Topliss-reactive ketones (excluding diaryl/α,β-unsaturated/α-hetero) is 1. The van der Waals surface area contributed by atoms with Crippen LogP contribution >= 0.6 is 11.6 Å². The predicted octanol–water partition coefficient (Wildman–Crippen LogP) is 4.59. The maximum Gasteiger partial charge on any atom is 0.151 e. The van der Waals surface area contributed by atoms with E-state index in [9.17, 15) is 9.18 Å². The molecule has 0 spiro atoms. The third kappa shape index (κ3) is 4.35. The van der Waals surface area contributed by atoms with Gasteiger partial charge in [-0.05, 0) is 31.2 Å². The van der Waals surface area contributed by atoms with Crippen LogP contribution in [0.1, 0.15) is 18.9 Å². The molecule has 28 heavy (non-hydrogen) atoms. The number of anilines is 2. The van der Waals surface area contributed by atoms with Gasteiger partial charge < -0.3 is 10.1 Å². The molecular weight excluding hydrogens is 383 g/mol. The molecule has 1 aromatic heterocycles. The largest absolute Gasteiger partial charge is 0.494 e. The van der Waals surface area contributed by atoms with Gasteiger partial charge in [0.15, 0.2) is 5.78 Å². The summed E-state index contributed by atoms with van der Waals surface area (Å²) in [5, 5.41) is 12.5. The molecule has 0 saturated carbocycles. The highest BCUT2D eigenvalue weighted by Crippen LogP contribution is 2.31. The highest BCUT2D eigenvalue weighted by atomic mass is 35.5. The first kappa shape index (κ1) is 19.5. The molecule has 0 aliphatic carbocycles. The molecule has 6 nitrogen and oxygen atoms in total. The number of carbonyl (C=O) groups excluding carboxylic acids is 1. The zero-order chi connectivity index (χ0) is 20.1. The van der Waals surface area contributed by atoms with Gasteiger partial charge in [0, 0.05) is 29.1 Å². The zero-order valence-electron chi connectivity index (χ0n) is 15.0. The van der Waals surface area contributed by atoms with Crippen molar-refractivity contribution in [3.8, 4) is 11.8 Å². The molecule has 0 unspecified atom stereocenters. The molecular formula is C20H16ClFN4O2. The standard InChI is InChI=1S/C20H16ClFN4O2/c1-2-28-19-10-18-15(8-12(19)7-14(27)5-6-23)20(25-11-24-18)26-13-3-4-17(22)16(21)9-13/h3-4,8-11H,2,5,7H2,1H3,(H,24,25,26). The third-order valence-electron chi connectivity index (χ3n) is 3.96. The molecule has 1 N–H and O–H groups in total. The van der Waals surface area contributed by atoms with Crippen LogP contribution in [0.25, 0.3) is 10.9 Å². The fourth-order valence-corrected chi connectivity index (χ4v) is 2.91. The van der Waals surface area contributed by atoms with Crippen molar-refractivity contribution in [2.24, 2.45) is 0 Å². The lowest BCUT2D eigenvalue weighted by Gasteiger charge is -2.13. The van der Waals surface area contributed by atoms with Crippen LogP contribution in [0.5, 0.6) is 5.75 Å². The van der Waals surface area contributed by atoms with Crippen LogP contribution in [0, 0.1) is 17.1 Å². The van der Waals surface area contributed by atoms with Gasteiger partial charge in [0.05, 0.1) is 29.6 Å². The van der Waals surface area contributed by atoms with E-state index >= 15 is 0 Å². The van der Waals surface area contributed by atoms with Crippen molar-refractivity contribution in [1.29, 1.82) is 5.26 Å². The van der Waals surface area contributed by atoms with Crippen molar-refractivity contribution in [1.82, 2.24) is 9.97 Å². The van der Waals surface area contributed by atoms with Gasteiger partial charge in [-0.1, -0.05) is 11.6 Å². The van der Waals surface area contributed by atoms with E-state index in [1.165, 1.54) is 18.5 Å². The minimum Gasteiger partial charge on any atom is -0.494 e. The van der Waals surface area contributed by atoms with Crippen LogP contribution in [-0.4, -0.2) is 22.4 Å². The van der Waals surface area contributed by atoms with Gasteiger partial charge >= 0.3 is 0 Å². The van der Waals surface area contributed by atoms with Gasteiger partial charge in [-0.15, -0.1) is 0 Å². The van der Waals surface area contributed by atoms with Gasteiger partial charge in [0.1, 0.15) is 23.7 Å². The van der Waals surface area contributed by atoms with Crippen molar-refractivity contribution >= 4 is 39.8 Å². The molecule has 0 radical (unpaired) electrons. The number of nitrogens with zero attached hydrogens (tertiary/aromatic N) is 3. The summed E-state index contributed by atoms with van der Waals surface area (Å²) in [5.74, 6) is 0.291. The quantitative estimate of drug-likeness (QED) is 0.626. The summed E-state index contributed by atoms with van der Waals surface area (Å²) in [4.78, 5) is 20.5. The lowest BCUT2D eigenvalue weighted by Crippen LogP contribution is -2.05. The van der Waals surface area contributed by atoms with Crippen molar-refractivity contribution in [3.05, 3.63) is 53.1 Å². The molecule has 0 aliphatic heterocycles. The Morgan fingerprint density at radius 1 is 1.32 bits per heavy atom. The van der Waals surface area contributed by atoms with Crippen LogP contribution in [0.15, 0.2) is 36.7 Å². The summed E-state index contributed by atoms with van der Waals surface area (Å²) in [7, 11) is 0. The van der Waals surface area contributed by atoms with Crippen molar-refractivity contribution < 1.29 is 13.9 Å². The summed E-state index contributed by atoms with van der Waals surface area (Å²) in [6.45, 7) is 2.27. The highest BCUT2D eigenvalue weighted by molar-refractivity contribution is 6.31. The molecule has 2 aromatic carbocycles. The average Bonchev–Trinajstić information content (AvgIpc) is 2.66. The Balaban J connectivity index is 2.04. The Labute approximate surface area is 165 Å². The van der Waals surface area contributed by atoms with Crippen LogP contribution in [0.3, 0.4) is 0 Å². The molecule has 0 aliphatic rings. The van der Waals surface area contributed by atoms with E-state index in [2.05, 4.69) is 15.3 Å². The second-order valence-electron chi connectivity index (χ2n) is 5.94. The Morgan fingerprint density at radius 3 is 2.86 bits per heavy atom. The number of hydrogen-bond donors (Lipinski definition) is 1. The number of hydrogen-bond acceptors (Lipinski definition) is 6. The Bertz CT molecular complexity index is 1080. The predicted molar refractivity (Wildman–Crippen MR) is 104 cm³/mol. The molecule has 0 saturated heterocycles. The molecule has 142 valence electrons. The van der Waals surface area contributed by atoms with Gasteiger partial charge in [-0.3, -0.25) is 4.79 Å². The molecule has 3 rings (SSSR count). The van der Waals surface area contributed by atoms with Gasteiger partial charge in [0.25, 0.3) is 0 Å². The van der Waals surface area contributed by atoms with Crippen molar-refractivity contribution in [3.63, 3.8) is 0 Å². The van der Waals surface area contributed by atoms with Crippen molar-refractivity contribution in [2.45, 2.75) is 19.8 Å². The van der Waals surface area contributed by atoms with Crippen molar-refractivity contribution in [2.75, 3.05) is 11.9 Å². The minimum atomic E-state index is -0.514. The summed E-state index contributed by atoms with van der Waals surface area (Å²) >= 11 is 5.84. The van der Waals surface area contributed by atoms with Gasteiger partial charge in [0.2, 0.25) is 0 Å². The van der Waals surface area contributed by atoms with E-state index < -0.39 is 5.82 Å². The molecule has 1 heterocycles. The van der Waals surface area contributed by atoms with E-state index in [-0.39, 0.29) is 23.6 Å². The van der Waals surface area contributed by atoms with E-state index in [1.54, 1.807) is 18.2 Å². The third-order valence-corrected chi connectivity index (χ3v) is 4.25. The zero-order valence-corrected chi connectivity index (χ0v) is 15.8. The van der Waals surface area contributed by atoms with Gasteiger partial charge in [-0.25, -0.2) is 14.4 Å². The number of benzene rings is 2. The fourth-order valence-electron chi connectivity index (χ4n) is 2.73. The van der Waals surface area contributed by atoms with Crippen LogP contribution < -0.4 is 10.1 Å². The average molecular weight is 399 g/mol. The monoisotopic (exact) mass is 398 g/mol. The smallest absolute Gasteiger partial charge is 0.151 e. The molecule has 0 atom stereocenters. The van der Waals surface area contributed by atoms with E-state index in [4.69, 9.17) is 21.6 Å². The number of aromatic nitrogens is 2. The molecule has 8 heteroatoms. The number of nitriles is 1. The highest BCUT2D eigenvalue weighted by Gasteiger charge is 2.14. The first-order chi connectivity index (χ1) is 13.5. The molecule has 3 aromatic rings. The number of fused-ring (bicyclic) bond motifs is 1. The molecule has 0 fully saturated rings. The molecule has 0 amide bonds.